The topological polar surface area (TPSA) is 40.5 Å². The van der Waals surface area contributed by atoms with Crippen molar-refractivity contribution >= 4 is 34.6 Å². The summed E-state index contributed by atoms with van der Waals surface area (Å²) in [5.41, 5.74) is 2.54. The van der Waals surface area contributed by atoms with Gasteiger partial charge in [0.25, 0.3) is 0 Å². The van der Waals surface area contributed by atoms with Gasteiger partial charge in [-0.2, -0.15) is 0 Å². The lowest BCUT2D eigenvalue weighted by molar-refractivity contribution is 0.426. The first kappa shape index (κ1) is 20.7. The van der Waals surface area contributed by atoms with Gasteiger partial charge in [0.2, 0.25) is 0 Å². The molecular weight excluding hydrogens is 347 g/mol. The Morgan fingerprint density at radius 1 is 0.880 bits per heavy atom. The maximum atomic E-state index is 9.76. The number of hydrogen-bond donors (Lipinski definition) is 2. The van der Waals surface area contributed by atoms with Crippen LogP contribution in [0.1, 0.15) is 76.3 Å². The van der Waals surface area contributed by atoms with Crippen molar-refractivity contribution in [2.45, 2.75) is 78.1 Å². The van der Waals surface area contributed by atoms with E-state index in [0.29, 0.717) is 0 Å². The smallest absolute Gasteiger partial charge is 0.423 e. The lowest BCUT2D eigenvalue weighted by Crippen LogP contribution is -2.29. The summed E-state index contributed by atoms with van der Waals surface area (Å²) in [6.45, 7) is 4.45. The predicted octanol–water partition coefficient (Wildman–Crippen LogP) is 5.40. The standard InChI is InChI=1S/C20H31BO2S2/c1-3-5-7-9-11-16-13-14-24-19(16)18-15-17(12-10-8-6-4-2)20(25-18)21(22)23/h13-15,22-23H,3-12H2,1-2H3. The summed E-state index contributed by atoms with van der Waals surface area (Å²) < 4.78 is 0.733. The minimum Gasteiger partial charge on any atom is -0.423 e. The third-order valence-electron chi connectivity index (χ3n) is 4.65. The molecule has 2 aromatic rings. The Morgan fingerprint density at radius 2 is 1.52 bits per heavy atom. The molecule has 25 heavy (non-hydrogen) atoms. The molecule has 0 radical (unpaired) electrons. The van der Waals surface area contributed by atoms with Crippen LogP contribution in [0, 0.1) is 0 Å². The second kappa shape index (κ2) is 11.2. The van der Waals surface area contributed by atoms with Crippen molar-refractivity contribution in [1.82, 2.24) is 0 Å². The van der Waals surface area contributed by atoms with E-state index < -0.39 is 7.12 Å². The van der Waals surface area contributed by atoms with E-state index >= 15 is 0 Å². The zero-order valence-corrected chi connectivity index (χ0v) is 17.2. The average molecular weight is 378 g/mol. The number of thiophene rings is 2. The molecule has 2 rings (SSSR count). The normalized spacial score (nSPS) is 11.2. The zero-order valence-electron chi connectivity index (χ0n) is 15.6. The van der Waals surface area contributed by atoms with E-state index in [-0.39, 0.29) is 0 Å². The van der Waals surface area contributed by atoms with Gasteiger partial charge in [0.15, 0.2) is 0 Å². The molecule has 0 spiro atoms. The van der Waals surface area contributed by atoms with Gasteiger partial charge in [0, 0.05) is 14.5 Å². The van der Waals surface area contributed by atoms with Crippen molar-refractivity contribution in [3.63, 3.8) is 0 Å². The first-order valence-corrected chi connectivity index (χ1v) is 11.4. The molecule has 2 nitrogen and oxygen atoms in total. The van der Waals surface area contributed by atoms with Crippen molar-refractivity contribution in [3.8, 4) is 9.75 Å². The SMILES string of the molecule is CCCCCCc1cc(-c2sccc2CCCCCC)sc1B(O)O. The number of rotatable bonds is 12. The van der Waals surface area contributed by atoms with Crippen LogP contribution >= 0.6 is 22.7 Å². The molecule has 0 aliphatic rings. The van der Waals surface area contributed by atoms with Gasteiger partial charge in [-0.25, -0.2) is 0 Å². The predicted molar refractivity (Wildman–Crippen MR) is 113 cm³/mol. The second-order valence-corrected chi connectivity index (χ2v) is 8.77. The summed E-state index contributed by atoms with van der Waals surface area (Å²) in [7, 11) is -1.35. The lowest BCUT2D eigenvalue weighted by atomic mass is 9.84. The Morgan fingerprint density at radius 3 is 2.12 bits per heavy atom. The summed E-state index contributed by atoms with van der Waals surface area (Å²) in [4.78, 5) is 2.53. The molecule has 0 aliphatic carbocycles. The van der Waals surface area contributed by atoms with Crippen molar-refractivity contribution in [2.24, 2.45) is 0 Å². The van der Waals surface area contributed by atoms with Crippen LogP contribution in [0.4, 0.5) is 0 Å². The van der Waals surface area contributed by atoms with Gasteiger partial charge in [-0.3, -0.25) is 0 Å². The molecule has 5 heteroatoms. The van der Waals surface area contributed by atoms with E-state index in [4.69, 9.17) is 0 Å². The Hall–Kier alpha value is -0.615. The molecule has 0 aliphatic heterocycles. The van der Waals surface area contributed by atoms with Gasteiger partial charge in [-0.15, -0.1) is 22.7 Å². The van der Waals surface area contributed by atoms with Crippen LogP contribution in [0.3, 0.4) is 0 Å². The molecule has 0 aromatic carbocycles. The van der Waals surface area contributed by atoms with Gasteiger partial charge in [0.05, 0.1) is 0 Å². The highest BCUT2D eigenvalue weighted by Gasteiger charge is 2.21. The van der Waals surface area contributed by atoms with Crippen LogP contribution in [0.25, 0.3) is 9.75 Å². The van der Waals surface area contributed by atoms with E-state index in [9.17, 15) is 10.0 Å². The average Bonchev–Trinajstić information content (AvgIpc) is 3.22. The van der Waals surface area contributed by atoms with E-state index in [0.717, 1.165) is 29.6 Å². The zero-order chi connectivity index (χ0) is 18.1. The molecule has 0 saturated carbocycles. The van der Waals surface area contributed by atoms with E-state index in [1.165, 1.54) is 60.3 Å². The van der Waals surface area contributed by atoms with E-state index in [2.05, 4.69) is 31.4 Å². The van der Waals surface area contributed by atoms with Crippen molar-refractivity contribution in [3.05, 3.63) is 28.6 Å². The van der Waals surface area contributed by atoms with Crippen molar-refractivity contribution in [2.75, 3.05) is 0 Å². The minimum absolute atomic E-state index is 0.733. The maximum Gasteiger partial charge on any atom is 0.499 e. The third kappa shape index (κ3) is 6.24. The van der Waals surface area contributed by atoms with Gasteiger partial charge in [-0.05, 0) is 54.3 Å². The molecular formula is C20H31BO2S2. The molecule has 138 valence electrons. The maximum absolute atomic E-state index is 9.76. The summed E-state index contributed by atoms with van der Waals surface area (Å²) >= 11 is 3.34. The highest BCUT2D eigenvalue weighted by molar-refractivity contribution is 7.27. The number of unbranched alkanes of at least 4 members (excludes halogenated alkanes) is 6. The molecule has 0 amide bonds. The highest BCUT2D eigenvalue weighted by Crippen LogP contribution is 2.35. The van der Waals surface area contributed by atoms with Crippen LogP contribution in [0.2, 0.25) is 0 Å². The van der Waals surface area contributed by atoms with Crippen molar-refractivity contribution in [1.29, 1.82) is 0 Å². The molecule has 2 N–H and O–H groups in total. The van der Waals surface area contributed by atoms with Gasteiger partial charge >= 0.3 is 7.12 Å². The molecule has 2 heterocycles. The molecule has 0 saturated heterocycles. The van der Waals surface area contributed by atoms with Gasteiger partial charge < -0.3 is 10.0 Å². The van der Waals surface area contributed by atoms with Crippen LogP contribution in [0.5, 0.6) is 0 Å². The van der Waals surface area contributed by atoms with Crippen LogP contribution in [-0.2, 0) is 12.8 Å². The quantitative estimate of drug-likeness (QED) is 0.383. The monoisotopic (exact) mass is 378 g/mol. The second-order valence-electron chi connectivity index (χ2n) is 6.77. The van der Waals surface area contributed by atoms with Gasteiger partial charge in [0.1, 0.15) is 0 Å². The summed E-state index contributed by atoms with van der Waals surface area (Å²) in [6.07, 6.45) is 12.0. The largest absolute Gasteiger partial charge is 0.499 e. The first-order valence-electron chi connectivity index (χ1n) is 9.72. The Kier molecular flexibility index (Phi) is 9.25. The fourth-order valence-electron chi connectivity index (χ4n) is 3.20. The summed E-state index contributed by atoms with van der Waals surface area (Å²) in [5, 5.41) is 21.7. The lowest BCUT2D eigenvalue weighted by Gasteiger charge is -2.02. The number of aryl methyl sites for hydroxylation is 2. The van der Waals surface area contributed by atoms with E-state index in [1.807, 2.05) is 0 Å². The summed E-state index contributed by atoms with van der Waals surface area (Å²) in [6, 6.07) is 4.44. The molecule has 0 bridgehead atoms. The third-order valence-corrected chi connectivity index (χ3v) is 7.00. The summed E-state index contributed by atoms with van der Waals surface area (Å²) in [5.74, 6) is 0. The highest BCUT2D eigenvalue weighted by atomic mass is 32.1. The number of hydrogen-bond acceptors (Lipinski definition) is 4. The molecule has 0 unspecified atom stereocenters. The van der Waals surface area contributed by atoms with Gasteiger partial charge in [-0.1, -0.05) is 52.4 Å². The fraction of sp³-hybridized carbons (Fsp3) is 0.600. The van der Waals surface area contributed by atoms with Crippen LogP contribution in [-0.4, -0.2) is 17.2 Å². The van der Waals surface area contributed by atoms with Crippen LogP contribution < -0.4 is 4.78 Å². The molecule has 2 aromatic heterocycles. The molecule has 0 fully saturated rings. The minimum atomic E-state index is -1.35. The van der Waals surface area contributed by atoms with E-state index in [1.54, 1.807) is 22.7 Å². The van der Waals surface area contributed by atoms with Crippen LogP contribution in [0.15, 0.2) is 17.5 Å². The Bertz CT molecular complexity index is 619. The van der Waals surface area contributed by atoms with Crippen molar-refractivity contribution < 1.29 is 10.0 Å². The Labute approximate surface area is 161 Å². The Balaban J connectivity index is 2.10. The molecule has 0 atom stereocenters. The first-order chi connectivity index (χ1) is 12.2. The fourth-order valence-corrected chi connectivity index (χ4v) is 5.40.